The molecule has 0 aliphatic carbocycles. The second-order valence-electron chi connectivity index (χ2n) is 12.0. The first-order chi connectivity index (χ1) is 19.7. The first kappa shape index (κ1) is 38.9. The summed E-state index contributed by atoms with van der Waals surface area (Å²) in [7, 11) is 0. The van der Waals surface area contributed by atoms with Crippen LogP contribution in [0.4, 0.5) is 0 Å². The van der Waals surface area contributed by atoms with Gasteiger partial charge in [-0.15, -0.1) is 0 Å². The zero-order valence-electron chi connectivity index (χ0n) is 27.1. The molecule has 0 unspecified atom stereocenters. The smallest absolute Gasteiger partial charge is 0.223 e. The summed E-state index contributed by atoms with van der Waals surface area (Å²) in [6.07, 6.45) is 32.4. The predicted octanol–water partition coefficient (Wildman–Crippen LogP) is 8.58. The molecule has 0 saturated heterocycles. The Morgan fingerprint density at radius 2 is 0.850 bits per heavy atom. The fraction of sp³-hybridized carbons (Fsp3) is 0.941. The van der Waals surface area contributed by atoms with Crippen LogP contribution in [-0.2, 0) is 9.59 Å². The lowest BCUT2D eigenvalue weighted by Gasteiger charge is -2.23. The van der Waals surface area contributed by atoms with Crippen LogP contribution in [0.15, 0.2) is 0 Å². The number of nitrogens with zero attached hydrogens (tertiary/aromatic N) is 1. The zero-order chi connectivity index (χ0) is 29.4. The van der Waals surface area contributed by atoms with E-state index in [0.717, 1.165) is 25.9 Å². The van der Waals surface area contributed by atoms with Gasteiger partial charge in [0.2, 0.25) is 11.8 Å². The van der Waals surface area contributed by atoms with E-state index in [9.17, 15) is 9.59 Å². The van der Waals surface area contributed by atoms with Gasteiger partial charge in [0, 0.05) is 39.0 Å². The summed E-state index contributed by atoms with van der Waals surface area (Å²) in [6.45, 7) is 7.25. The molecule has 0 spiro atoms. The maximum absolute atomic E-state index is 13.0. The third-order valence-electron chi connectivity index (χ3n) is 8.07. The molecule has 0 radical (unpaired) electrons. The lowest BCUT2D eigenvalue weighted by atomic mass is 10.0. The highest BCUT2D eigenvalue weighted by Crippen LogP contribution is 2.14. The second-order valence-corrected chi connectivity index (χ2v) is 12.0. The molecule has 2 amide bonds. The third-order valence-corrected chi connectivity index (χ3v) is 8.07. The number of carbonyl (C=O) groups excluding carboxylic acids is 2. The fourth-order valence-corrected chi connectivity index (χ4v) is 5.39. The van der Waals surface area contributed by atoms with Crippen molar-refractivity contribution in [1.29, 1.82) is 0 Å². The van der Waals surface area contributed by atoms with Gasteiger partial charge in [0.1, 0.15) is 0 Å². The van der Waals surface area contributed by atoms with Crippen LogP contribution in [0, 0.1) is 0 Å². The Kier molecular flexibility index (Phi) is 31.5. The maximum Gasteiger partial charge on any atom is 0.223 e. The minimum absolute atomic E-state index is 0.0701. The van der Waals surface area contributed by atoms with Gasteiger partial charge in [-0.3, -0.25) is 20.9 Å². The van der Waals surface area contributed by atoms with E-state index in [0.29, 0.717) is 19.5 Å². The van der Waals surface area contributed by atoms with E-state index in [-0.39, 0.29) is 18.2 Å². The first-order valence-corrected chi connectivity index (χ1v) is 17.6. The Labute approximate surface area is 249 Å². The molecule has 6 heteroatoms. The van der Waals surface area contributed by atoms with Gasteiger partial charge in [-0.2, -0.15) is 0 Å². The largest absolute Gasteiger partial charge is 0.355 e. The van der Waals surface area contributed by atoms with Gasteiger partial charge in [-0.1, -0.05) is 155 Å². The molecule has 0 rings (SSSR count). The van der Waals surface area contributed by atoms with Crippen molar-refractivity contribution in [2.75, 3.05) is 26.2 Å². The van der Waals surface area contributed by atoms with Gasteiger partial charge in [0.15, 0.2) is 0 Å². The Balaban J connectivity index is 4.10. The quantitative estimate of drug-likeness (QED) is 0.0432. The van der Waals surface area contributed by atoms with Crippen molar-refractivity contribution in [2.24, 2.45) is 5.84 Å². The van der Waals surface area contributed by atoms with Gasteiger partial charge in [-0.05, 0) is 12.8 Å². The molecule has 0 fully saturated rings. The molecule has 0 aromatic rings. The van der Waals surface area contributed by atoms with Crippen LogP contribution in [0.5, 0.6) is 0 Å². The molecular weight excluding hydrogens is 496 g/mol. The van der Waals surface area contributed by atoms with Crippen molar-refractivity contribution < 1.29 is 9.59 Å². The van der Waals surface area contributed by atoms with E-state index < -0.39 is 0 Å². The Bertz CT molecular complexity index is 516. The Morgan fingerprint density at radius 3 is 1.20 bits per heavy atom. The van der Waals surface area contributed by atoms with E-state index in [1.165, 1.54) is 141 Å². The van der Waals surface area contributed by atoms with E-state index >= 15 is 0 Å². The second kappa shape index (κ2) is 32.4. The summed E-state index contributed by atoms with van der Waals surface area (Å²) >= 11 is 0. The van der Waals surface area contributed by atoms with Gasteiger partial charge in [0.05, 0.1) is 0 Å². The van der Waals surface area contributed by atoms with E-state index in [1.54, 1.807) is 0 Å². The summed E-state index contributed by atoms with van der Waals surface area (Å²) in [5.74, 6) is 5.32. The van der Waals surface area contributed by atoms with Crippen LogP contribution < -0.4 is 16.6 Å². The minimum Gasteiger partial charge on any atom is -0.355 e. The van der Waals surface area contributed by atoms with Gasteiger partial charge in [0.25, 0.3) is 0 Å². The molecule has 40 heavy (non-hydrogen) atoms. The molecule has 0 aromatic carbocycles. The van der Waals surface area contributed by atoms with Crippen LogP contribution in [0.2, 0.25) is 0 Å². The van der Waals surface area contributed by atoms with E-state index in [2.05, 4.69) is 24.6 Å². The number of nitrogens with two attached hydrogens (primary N) is 1. The summed E-state index contributed by atoms with van der Waals surface area (Å²) in [4.78, 5) is 27.0. The summed E-state index contributed by atoms with van der Waals surface area (Å²) < 4.78 is 0. The van der Waals surface area contributed by atoms with Crippen molar-refractivity contribution in [3.05, 3.63) is 0 Å². The van der Waals surface area contributed by atoms with Gasteiger partial charge in [-0.25, -0.2) is 0 Å². The lowest BCUT2D eigenvalue weighted by molar-refractivity contribution is -0.133. The minimum atomic E-state index is -0.0701. The molecular formula is C34H70N4O2. The number of hydrazine groups is 1. The van der Waals surface area contributed by atoms with Crippen molar-refractivity contribution >= 4 is 11.8 Å². The molecule has 0 aromatic heterocycles. The molecule has 0 heterocycles. The monoisotopic (exact) mass is 567 g/mol. The highest BCUT2D eigenvalue weighted by Gasteiger charge is 2.14. The molecule has 0 saturated carbocycles. The first-order valence-electron chi connectivity index (χ1n) is 17.6. The number of unbranched alkanes of at least 4 members (excludes halogenated alkanes) is 22. The van der Waals surface area contributed by atoms with Crippen LogP contribution in [-0.4, -0.2) is 42.9 Å². The molecule has 0 aliphatic rings. The van der Waals surface area contributed by atoms with Gasteiger partial charge < -0.3 is 10.2 Å². The molecule has 238 valence electrons. The number of hydrogen-bond donors (Lipinski definition) is 3. The predicted molar refractivity (Wildman–Crippen MR) is 173 cm³/mol. The number of hydrogen-bond acceptors (Lipinski definition) is 4. The number of rotatable bonds is 32. The van der Waals surface area contributed by atoms with Crippen LogP contribution in [0.25, 0.3) is 0 Å². The highest BCUT2D eigenvalue weighted by molar-refractivity contribution is 5.83. The van der Waals surface area contributed by atoms with Gasteiger partial charge >= 0.3 is 0 Å². The third kappa shape index (κ3) is 28.4. The van der Waals surface area contributed by atoms with Crippen LogP contribution >= 0.6 is 0 Å². The molecule has 0 bridgehead atoms. The average Bonchev–Trinajstić information content (AvgIpc) is 2.96. The molecule has 6 nitrogen and oxygen atoms in total. The van der Waals surface area contributed by atoms with Crippen LogP contribution in [0.3, 0.4) is 0 Å². The van der Waals surface area contributed by atoms with Crippen molar-refractivity contribution in [3.8, 4) is 0 Å². The van der Waals surface area contributed by atoms with E-state index in [1.807, 2.05) is 4.90 Å². The lowest BCUT2D eigenvalue weighted by Crippen LogP contribution is -2.36. The van der Waals surface area contributed by atoms with Crippen molar-refractivity contribution in [1.82, 2.24) is 15.6 Å². The van der Waals surface area contributed by atoms with Crippen LogP contribution in [0.1, 0.15) is 181 Å². The number of nitrogens with one attached hydrogen (secondary N) is 2. The number of carbonyl (C=O) groups is 2. The Morgan fingerprint density at radius 1 is 0.500 bits per heavy atom. The SMILES string of the molecule is CCCCCCCCCCCCCCN(CCCCCCCCCCCCCC)C(=O)CCC(=O)NCCNN. The zero-order valence-corrected chi connectivity index (χ0v) is 27.1. The summed E-state index contributed by atoms with van der Waals surface area (Å²) in [6, 6.07) is 0. The summed E-state index contributed by atoms with van der Waals surface area (Å²) in [5, 5.41) is 2.81. The average molecular weight is 567 g/mol. The molecule has 4 N–H and O–H groups in total. The van der Waals surface area contributed by atoms with E-state index in [4.69, 9.17) is 5.84 Å². The maximum atomic E-state index is 13.0. The normalized spacial score (nSPS) is 11.2. The highest BCUT2D eigenvalue weighted by atomic mass is 16.2. The fourth-order valence-electron chi connectivity index (χ4n) is 5.39. The Hall–Kier alpha value is -1.14. The van der Waals surface area contributed by atoms with Crippen molar-refractivity contribution in [2.45, 2.75) is 181 Å². The van der Waals surface area contributed by atoms with Crippen molar-refractivity contribution in [3.63, 3.8) is 0 Å². The number of amides is 2. The summed E-state index contributed by atoms with van der Waals surface area (Å²) in [5.41, 5.74) is 2.53. The molecule has 0 aliphatic heterocycles. The standard InChI is InChI=1S/C34H70N4O2/c1-3-5-7-9-11-13-15-17-19-21-23-25-31-38(34(40)28-27-33(39)36-29-30-37-35)32-26-24-22-20-18-16-14-12-10-8-6-4-2/h37H,3-32,35H2,1-2H3,(H,36,39). The molecule has 0 atom stereocenters. The topological polar surface area (TPSA) is 87.5 Å².